The molecule has 0 atom stereocenters. The van der Waals surface area contributed by atoms with Crippen molar-refractivity contribution in [1.82, 2.24) is 14.9 Å². The highest BCUT2D eigenvalue weighted by atomic mass is 15.2. The minimum absolute atomic E-state index is 0.318. The van der Waals surface area contributed by atoms with Crippen LogP contribution in [-0.2, 0) is 0 Å². The topological polar surface area (TPSA) is 31.9 Å². The van der Waals surface area contributed by atoms with Gasteiger partial charge >= 0.3 is 0 Å². The molecule has 0 amide bonds. The van der Waals surface area contributed by atoms with Gasteiger partial charge in [0, 0.05) is 23.3 Å². The van der Waals surface area contributed by atoms with Crippen molar-refractivity contribution < 1.29 is 0 Å². The van der Waals surface area contributed by atoms with Gasteiger partial charge in [0.15, 0.2) is 0 Å². The molecule has 84 valence electrons. The Labute approximate surface area is 91.9 Å². The maximum Gasteiger partial charge on any atom is 0.0921 e. The standard InChI is InChI=1S/C12H21N3/c1-12(2,3)15-6-4-10(5-7-15)11-8-13-9-14-11/h8-10H,4-7H2,1-3H3,(H,13,14). The Balaban J connectivity index is 1.93. The molecule has 3 nitrogen and oxygen atoms in total. The van der Waals surface area contributed by atoms with Crippen LogP contribution in [0.15, 0.2) is 12.5 Å². The van der Waals surface area contributed by atoms with Gasteiger partial charge in [-0.15, -0.1) is 0 Å². The fraction of sp³-hybridized carbons (Fsp3) is 0.750. The van der Waals surface area contributed by atoms with Crippen LogP contribution in [-0.4, -0.2) is 33.5 Å². The fourth-order valence-electron chi connectivity index (χ4n) is 2.35. The Hall–Kier alpha value is -0.830. The molecular weight excluding hydrogens is 186 g/mol. The number of hydrogen-bond acceptors (Lipinski definition) is 2. The Kier molecular flexibility index (Phi) is 2.83. The molecule has 1 aromatic heterocycles. The first-order valence-electron chi connectivity index (χ1n) is 5.80. The summed E-state index contributed by atoms with van der Waals surface area (Å²) >= 11 is 0. The highest BCUT2D eigenvalue weighted by Crippen LogP contribution is 2.29. The largest absolute Gasteiger partial charge is 0.348 e. The number of aromatic amines is 1. The maximum absolute atomic E-state index is 4.10. The minimum atomic E-state index is 0.318. The molecule has 0 spiro atoms. The highest BCUT2D eigenvalue weighted by Gasteiger charge is 2.27. The fourth-order valence-corrected chi connectivity index (χ4v) is 2.35. The van der Waals surface area contributed by atoms with E-state index in [0.29, 0.717) is 11.5 Å². The smallest absolute Gasteiger partial charge is 0.0921 e. The summed E-state index contributed by atoms with van der Waals surface area (Å²) in [5, 5.41) is 0. The number of likely N-dealkylation sites (tertiary alicyclic amines) is 1. The number of rotatable bonds is 1. The van der Waals surface area contributed by atoms with Crippen LogP contribution in [0.2, 0.25) is 0 Å². The van der Waals surface area contributed by atoms with Crippen LogP contribution >= 0.6 is 0 Å². The van der Waals surface area contributed by atoms with Crippen LogP contribution in [0, 0.1) is 0 Å². The van der Waals surface area contributed by atoms with E-state index in [0.717, 1.165) is 0 Å². The van der Waals surface area contributed by atoms with Crippen LogP contribution in [0.25, 0.3) is 0 Å². The van der Waals surface area contributed by atoms with E-state index in [2.05, 4.69) is 35.6 Å². The number of hydrogen-bond donors (Lipinski definition) is 1. The monoisotopic (exact) mass is 207 g/mol. The van der Waals surface area contributed by atoms with Gasteiger partial charge in [-0.05, 0) is 46.7 Å². The molecule has 1 aliphatic rings. The average Bonchev–Trinajstić information content (AvgIpc) is 2.69. The van der Waals surface area contributed by atoms with Gasteiger partial charge in [-0.2, -0.15) is 0 Å². The first-order valence-corrected chi connectivity index (χ1v) is 5.80. The second kappa shape index (κ2) is 3.97. The molecule has 0 saturated carbocycles. The molecule has 0 aromatic carbocycles. The molecule has 2 heterocycles. The van der Waals surface area contributed by atoms with E-state index in [4.69, 9.17) is 0 Å². The van der Waals surface area contributed by atoms with Crippen molar-refractivity contribution >= 4 is 0 Å². The van der Waals surface area contributed by atoms with Crippen LogP contribution in [0.1, 0.15) is 45.2 Å². The number of nitrogens with one attached hydrogen (secondary N) is 1. The number of piperidine rings is 1. The molecule has 2 rings (SSSR count). The Bertz CT molecular complexity index is 289. The van der Waals surface area contributed by atoms with Gasteiger partial charge in [-0.3, -0.25) is 4.90 Å². The van der Waals surface area contributed by atoms with Crippen molar-refractivity contribution in [2.75, 3.05) is 13.1 Å². The SMILES string of the molecule is CC(C)(C)N1CCC(c2cnc[nH]2)CC1. The molecule has 15 heavy (non-hydrogen) atoms. The molecule has 0 aliphatic carbocycles. The second-order valence-corrected chi connectivity index (χ2v) is 5.44. The first-order chi connectivity index (χ1) is 7.07. The van der Waals surface area contributed by atoms with Crippen molar-refractivity contribution in [2.24, 2.45) is 0 Å². The second-order valence-electron chi connectivity index (χ2n) is 5.44. The molecule has 0 radical (unpaired) electrons. The highest BCUT2D eigenvalue weighted by molar-refractivity contribution is 5.05. The molecule has 0 bridgehead atoms. The first kappa shape index (κ1) is 10.7. The Morgan fingerprint density at radius 3 is 2.47 bits per heavy atom. The summed E-state index contributed by atoms with van der Waals surface area (Å²) in [5.41, 5.74) is 1.63. The Morgan fingerprint density at radius 2 is 2.00 bits per heavy atom. The van der Waals surface area contributed by atoms with Crippen molar-refractivity contribution in [1.29, 1.82) is 0 Å². The van der Waals surface area contributed by atoms with E-state index >= 15 is 0 Å². The Morgan fingerprint density at radius 1 is 1.33 bits per heavy atom. The third-order valence-corrected chi connectivity index (χ3v) is 3.40. The molecule has 1 saturated heterocycles. The zero-order valence-electron chi connectivity index (χ0n) is 9.95. The lowest BCUT2D eigenvalue weighted by Gasteiger charge is -2.40. The number of imidazole rings is 1. The van der Waals surface area contributed by atoms with Gasteiger partial charge in [0.25, 0.3) is 0 Å². The molecule has 1 fully saturated rings. The van der Waals surface area contributed by atoms with E-state index < -0.39 is 0 Å². The summed E-state index contributed by atoms with van der Waals surface area (Å²) in [5.74, 6) is 0.686. The summed E-state index contributed by atoms with van der Waals surface area (Å²) in [7, 11) is 0. The van der Waals surface area contributed by atoms with Crippen molar-refractivity contribution in [3.05, 3.63) is 18.2 Å². The zero-order chi connectivity index (χ0) is 10.9. The molecule has 1 aliphatic heterocycles. The summed E-state index contributed by atoms with van der Waals surface area (Å²) in [6, 6.07) is 0. The third-order valence-electron chi connectivity index (χ3n) is 3.40. The van der Waals surface area contributed by atoms with Crippen molar-refractivity contribution in [3.63, 3.8) is 0 Å². The predicted octanol–water partition coefficient (Wildman–Crippen LogP) is 2.39. The maximum atomic E-state index is 4.10. The van der Waals surface area contributed by atoms with Crippen LogP contribution < -0.4 is 0 Å². The van der Waals surface area contributed by atoms with E-state index in [1.807, 2.05) is 6.20 Å². The zero-order valence-corrected chi connectivity index (χ0v) is 9.95. The predicted molar refractivity (Wildman–Crippen MR) is 61.9 cm³/mol. The van der Waals surface area contributed by atoms with E-state index in [1.54, 1.807) is 6.33 Å². The van der Waals surface area contributed by atoms with E-state index in [1.165, 1.54) is 31.6 Å². The van der Waals surface area contributed by atoms with Crippen LogP contribution in [0.3, 0.4) is 0 Å². The summed E-state index contributed by atoms with van der Waals surface area (Å²) in [6.07, 6.45) is 6.25. The lowest BCUT2D eigenvalue weighted by Crippen LogP contribution is -2.45. The van der Waals surface area contributed by atoms with Crippen molar-refractivity contribution in [2.45, 2.75) is 45.1 Å². The lowest BCUT2D eigenvalue weighted by molar-refractivity contribution is 0.102. The average molecular weight is 207 g/mol. The minimum Gasteiger partial charge on any atom is -0.348 e. The quantitative estimate of drug-likeness (QED) is 0.766. The molecule has 1 aromatic rings. The molecule has 3 heteroatoms. The van der Waals surface area contributed by atoms with Gasteiger partial charge in [0.2, 0.25) is 0 Å². The van der Waals surface area contributed by atoms with Gasteiger partial charge in [-0.25, -0.2) is 4.98 Å². The number of nitrogens with zero attached hydrogens (tertiary/aromatic N) is 2. The molecule has 0 unspecified atom stereocenters. The lowest BCUT2D eigenvalue weighted by atomic mass is 9.91. The van der Waals surface area contributed by atoms with Crippen molar-refractivity contribution in [3.8, 4) is 0 Å². The van der Waals surface area contributed by atoms with Gasteiger partial charge in [-0.1, -0.05) is 0 Å². The van der Waals surface area contributed by atoms with Crippen LogP contribution in [0.4, 0.5) is 0 Å². The van der Waals surface area contributed by atoms with E-state index in [-0.39, 0.29) is 0 Å². The molecular formula is C12H21N3. The number of H-pyrrole nitrogens is 1. The van der Waals surface area contributed by atoms with Gasteiger partial charge < -0.3 is 4.98 Å². The van der Waals surface area contributed by atoms with Gasteiger partial charge in [0.05, 0.1) is 6.33 Å². The normalized spacial score (nSPS) is 20.7. The van der Waals surface area contributed by atoms with E-state index in [9.17, 15) is 0 Å². The number of aromatic nitrogens is 2. The van der Waals surface area contributed by atoms with Crippen LogP contribution in [0.5, 0.6) is 0 Å². The summed E-state index contributed by atoms with van der Waals surface area (Å²) < 4.78 is 0. The molecule has 1 N–H and O–H groups in total. The summed E-state index contributed by atoms with van der Waals surface area (Å²) in [4.78, 5) is 9.90. The van der Waals surface area contributed by atoms with Gasteiger partial charge in [0.1, 0.15) is 0 Å². The third kappa shape index (κ3) is 2.40. The summed E-state index contributed by atoms with van der Waals surface area (Å²) in [6.45, 7) is 9.29.